The highest BCUT2D eigenvalue weighted by molar-refractivity contribution is 5.70. The molecule has 0 saturated carbocycles. The molecule has 1 unspecified atom stereocenters. The van der Waals surface area contributed by atoms with Crippen LogP contribution in [0.25, 0.3) is 11.3 Å². The maximum atomic E-state index is 12.9. The van der Waals surface area contributed by atoms with Gasteiger partial charge in [0.05, 0.1) is 12.5 Å². The van der Waals surface area contributed by atoms with Gasteiger partial charge >= 0.3 is 5.97 Å². The van der Waals surface area contributed by atoms with Gasteiger partial charge in [0, 0.05) is 18.2 Å². The van der Waals surface area contributed by atoms with Gasteiger partial charge in [-0.1, -0.05) is 5.16 Å². The van der Waals surface area contributed by atoms with E-state index in [9.17, 15) is 9.18 Å². The van der Waals surface area contributed by atoms with Crippen LogP contribution in [0.2, 0.25) is 0 Å². The Kier molecular flexibility index (Phi) is 3.70. The summed E-state index contributed by atoms with van der Waals surface area (Å²) in [5.74, 6) is -0.661. The lowest BCUT2D eigenvalue weighted by Crippen LogP contribution is -2.22. The second-order valence-corrected chi connectivity index (χ2v) is 5.24. The normalized spacial score (nSPS) is 19.0. The Hall–Kier alpha value is -2.21. The van der Waals surface area contributed by atoms with Crippen molar-refractivity contribution in [2.45, 2.75) is 13.0 Å². The summed E-state index contributed by atoms with van der Waals surface area (Å²) in [5, 5.41) is 13.0. The Labute approximate surface area is 121 Å². The number of rotatable bonds is 4. The van der Waals surface area contributed by atoms with Crippen LogP contribution in [-0.4, -0.2) is 34.2 Å². The summed E-state index contributed by atoms with van der Waals surface area (Å²) in [6, 6.07) is 7.85. The Morgan fingerprint density at radius 2 is 2.19 bits per heavy atom. The number of nitrogens with zero attached hydrogens (tertiary/aromatic N) is 2. The van der Waals surface area contributed by atoms with Crippen molar-refractivity contribution in [2.75, 3.05) is 13.1 Å². The number of carbonyl (C=O) groups is 1. The molecular formula is C15H15FN2O3. The Morgan fingerprint density at radius 3 is 2.86 bits per heavy atom. The predicted molar refractivity (Wildman–Crippen MR) is 72.9 cm³/mol. The van der Waals surface area contributed by atoms with Crippen LogP contribution in [0.3, 0.4) is 0 Å². The largest absolute Gasteiger partial charge is 0.481 e. The van der Waals surface area contributed by atoms with Crippen molar-refractivity contribution >= 4 is 5.97 Å². The van der Waals surface area contributed by atoms with Crippen LogP contribution in [0.15, 0.2) is 34.9 Å². The third kappa shape index (κ3) is 3.11. The molecule has 1 aliphatic heterocycles. The molecule has 1 aromatic carbocycles. The van der Waals surface area contributed by atoms with Gasteiger partial charge in [-0.15, -0.1) is 0 Å². The zero-order valence-corrected chi connectivity index (χ0v) is 11.3. The number of aromatic nitrogens is 1. The molecule has 1 aliphatic rings. The summed E-state index contributed by atoms with van der Waals surface area (Å²) in [5.41, 5.74) is 1.44. The van der Waals surface area contributed by atoms with Crippen LogP contribution in [0, 0.1) is 11.7 Å². The smallest absolute Gasteiger partial charge is 0.307 e. The molecule has 6 heteroatoms. The molecule has 3 rings (SSSR count). The molecular weight excluding hydrogens is 275 g/mol. The van der Waals surface area contributed by atoms with Gasteiger partial charge < -0.3 is 9.63 Å². The first kappa shape index (κ1) is 13.8. The summed E-state index contributed by atoms with van der Waals surface area (Å²) in [6.45, 7) is 1.81. The molecule has 5 nitrogen and oxygen atoms in total. The SMILES string of the molecule is O=C(O)C1CCN(Cc2cc(-c3ccc(F)cc3)no2)C1. The lowest BCUT2D eigenvalue weighted by atomic mass is 10.1. The van der Waals surface area contributed by atoms with E-state index in [1.54, 1.807) is 18.2 Å². The van der Waals surface area contributed by atoms with Gasteiger partial charge in [-0.2, -0.15) is 0 Å². The highest BCUT2D eigenvalue weighted by Crippen LogP contribution is 2.23. The number of likely N-dealkylation sites (tertiary alicyclic amines) is 1. The number of carboxylic acid groups (broad SMARTS) is 1. The Bertz CT molecular complexity index is 639. The van der Waals surface area contributed by atoms with E-state index >= 15 is 0 Å². The Morgan fingerprint density at radius 1 is 1.43 bits per heavy atom. The van der Waals surface area contributed by atoms with Gasteiger partial charge in [0.2, 0.25) is 0 Å². The minimum atomic E-state index is -0.748. The monoisotopic (exact) mass is 290 g/mol. The number of hydrogen-bond donors (Lipinski definition) is 1. The molecule has 0 bridgehead atoms. The molecule has 2 aromatic rings. The minimum absolute atomic E-state index is 0.292. The summed E-state index contributed by atoms with van der Waals surface area (Å²) in [7, 11) is 0. The van der Waals surface area contributed by atoms with Crippen LogP contribution in [0.4, 0.5) is 4.39 Å². The van der Waals surface area contributed by atoms with Gasteiger partial charge in [0.25, 0.3) is 0 Å². The molecule has 110 valence electrons. The first-order valence-electron chi connectivity index (χ1n) is 6.78. The van der Waals surface area contributed by atoms with Crippen molar-refractivity contribution in [3.05, 3.63) is 41.9 Å². The van der Waals surface area contributed by atoms with E-state index in [4.69, 9.17) is 9.63 Å². The molecule has 0 radical (unpaired) electrons. The average molecular weight is 290 g/mol. The van der Waals surface area contributed by atoms with Crippen molar-refractivity contribution in [2.24, 2.45) is 5.92 Å². The van der Waals surface area contributed by atoms with Crippen LogP contribution in [-0.2, 0) is 11.3 Å². The third-order valence-electron chi connectivity index (χ3n) is 3.70. The highest BCUT2D eigenvalue weighted by atomic mass is 19.1. The zero-order valence-electron chi connectivity index (χ0n) is 11.3. The first-order valence-corrected chi connectivity index (χ1v) is 6.78. The molecule has 0 amide bonds. The number of aliphatic carboxylic acids is 1. The summed E-state index contributed by atoms with van der Waals surface area (Å²) >= 11 is 0. The number of halogens is 1. The second-order valence-electron chi connectivity index (χ2n) is 5.24. The second kappa shape index (κ2) is 5.65. The summed E-state index contributed by atoms with van der Waals surface area (Å²) in [4.78, 5) is 13.0. The van der Waals surface area contributed by atoms with E-state index in [0.29, 0.717) is 31.0 Å². The molecule has 1 atom stereocenters. The molecule has 1 N–H and O–H groups in total. The molecule has 0 spiro atoms. The average Bonchev–Trinajstić information content (AvgIpc) is 3.10. The summed E-state index contributed by atoms with van der Waals surface area (Å²) in [6.07, 6.45) is 0.661. The van der Waals surface area contributed by atoms with E-state index < -0.39 is 5.97 Å². The number of carboxylic acids is 1. The van der Waals surface area contributed by atoms with Gasteiger partial charge in [0.1, 0.15) is 11.5 Å². The Balaban J connectivity index is 1.66. The topological polar surface area (TPSA) is 66.6 Å². The van der Waals surface area contributed by atoms with Crippen molar-refractivity contribution in [3.8, 4) is 11.3 Å². The molecule has 2 heterocycles. The maximum absolute atomic E-state index is 12.9. The molecule has 21 heavy (non-hydrogen) atoms. The van der Waals surface area contributed by atoms with E-state index in [0.717, 1.165) is 12.1 Å². The third-order valence-corrected chi connectivity index (χ3v) is 3.70. The van der Waals surface area contributed by atoms with Crippen molar-refractivity contribution in [1.29, 1.82) is 0 Å². The van der Waals surface area contributed by atoms with Gasteiger partial charge in [-0.05, 0) is 37.2 Å². The fraction of sp³-hybridized carbons (Fsp3) is 0.333. The first-order chi connectivity index (χ1) is 10.1. The lowest BCUT2D eigenvalue weighted by molar-refractivity contribution is -0.141. The van der Waals surface area contributed by atoms with Crippen LogP contribution in [0.1, 0.15) is 12.2 Å². The van der Waals surface area contributed by atoms with Crippen LogP contribution >= 0.6 is 0 Å². The van der Waals surface area contributed by atoms with Crippen molar-refractivity contribution in [3.63, 3.8) is 0 Å². The minimum Gasteiger partial charge on any atom is -0.481 e. The van der Waals surface area contributed by atoms with E-state index in [1.807, 2.05) is 4.90 Å². The maximum Gasteiger partial charge on any atom is 0.307 e. The van der Waals surface area contributed by atoms with Crippen molar-refractivity contribution < 1.29 is 18.8 Å². The fourth-order valence-electron chi connectivity index (χ4n) is 2.54. The van der Waals surface area contributed by atoms with Crippen molar-refractivity contribution in [1.82, 2.24) is 10.1 Å². The quantitative estimate of drug-likeness (QED) is 0.936. The number of hydrogen-bond acceptors (Lipinski definition) is 4. The van der Waals surface area contributed by atoms with E-state index in [1.165, 1.54) is 12.1 Å². The molecule has 0 aliphatic carbocycles. The van der Waals surface area contributed by atoms with Gasteiger partial charge in [-0.25, -0.2) is 4.39 Å². The van der Waals surface area contributed by atoms with Crippen LogP contribution in [0.5, 0.6) is 0 Å². The standard InChI is InChI=1S/C15H15FN2O3/c16-12-3-1-10(2-4-12)14-7-13(21-17-14)9-18-6-5-11(8-18)15(19)20/h1-4,7,11H,5-6,8-9H2,(H,19,20). The fourth-order valence-corrected chi connectivity index (χ4v) is 2.54. The molecule has 1 aromatic heterocycles. The van der Waals surface area contributed by atoms with E-state index in [-0.39, 0.29) is 11.7 Å². The van der Waals surface area contributed by atoms with Crippen LogP contribution < -0.4 is 0 Å². The van der Waals surface area contributed by atoms with E-state index in [2.05, 4.69) is 5.16 Å². The predicted octanol–water partition coefficient (Wildman–Crippen LogP) is 2.39. The highest BCUT2D eigenvalue weighted by Gasteiger charge is 2.28. The molecule has 1 saturated heterocycles. The van der Waals surface area contributed by atoms with Gasteiger partial charge in [-0.3, -0.25) is 9.69 Å². The summed E-state index contributed by atoms with van der Waals surface area (Å²) < 4.78 is 18.2. The zero-order chi connectivity index (χ0) is 14.8. The lowest BCUT2D eigenvalue weighted by Gasteiger charge is -2.11. The number of benzene rings is 1. The molecule has 1 fully saturated rings. The van der Waals surface area contributed by atoms with Gasteiger partial charge in [0.15, 0.2) is 5.76 Å².